The zero-order valence-electron chi connectivity index (χ0n) is 13.9. The molecule has 0 aliphatic carbocycles. The van der Waals surface area contributed by atoms with Crippen LogP contribution in [-0.2, 0) is 11.3 Å². The van der Waals surface area contributed by atoms with Crippen molar-refractivity contribution < 1.29 is 4.74 Å². The van der Waals surface area contributed by atoms with Gasteiger partial charge in [-0.1, -0.05) is 6.07 Å². The van der Waals surface area contributed by atoms with Gasteiger partial charge in [0.1, 0.15) is 0 Å². The molecule has 0 unspecified atom stereocenters. The Labute approximate surface area is 136 Å². The van der Waals surface area contributed by atoms with Crippen LogP contribution in [0.4, 0.5) is 0 Å². The van der Waals surface area contributed by atoms with Gasteiger partial charge in [-0.05, 0) is 44.0 Å². The van der Waals surface area contributed by atoms with Crippen molar-refractivity contribution in [3.8, 4) is 0 Å². The van der Waals surface area contributed by atoms with Gasteiger partial charge in [0.15, 0.2) is 5.43 Å². The lowest BCUT2D eigenvalue weighted by Gasteiger charge is -2.32. The maximum Gasteiger partial charge on any atom is 0.189 e. The van der Waals surface area contributed by atoms with Crippen molar-refractivity contribution in [2.75, 3.05) is 26.2 Å². The summed E-state index contributed by atoms with van der Waals surface area (Å²) >= 11 is 0. The molecule has 0 amide bonds. The van der Waals surface area contributed by atoms with Crippen molar-refractivity contribution in [3.05, 3.63) is 45.2 Å². The number of morpholine rings is 1. The third-order valence-corrected chi connectivity index (χ3v) is 4.44. The summed E-state index contributed by atoms with van der Waals surface area (Å²) in [6.07, 6.45) is 1.08. The number of pyridine rings is 1. The molecule has 124 valence electrons. The molecule has 1 fully saturated rings. The predicted molar refractivity (Wildman–Crippen MR) is 92.7 cm³/mol. The zero-order chi connectivity index (χ0) is 16.4. The van der Waals surface area contributed by atoms with E-state index in [1.807, 2.05) is 19.9 Å². The molecule has 5 nitrogen and oxygen atoms in total. The molecule has 3 rings (SSSR count). The van der Waals surface area contributed by atoms with E-state index in [2.05, 4.69) is 16.0 Å². The summed E-state index contributed by atoms with van der Waals surface area (Å²) in [5, 5.41) is 0.772. The second kappa shape index (κ2) is 6.83. The highest BCUT2D eigenvalue weighted by atomic mass is 16.5. The largest absolute Gasteiger partial charge is 0.376 e. The fraction of sp³-hybridized carbons (Fsp3) is 0.500. The summed E-state index contributed by atoms with van der Waals surface area (Å²) < 4.78 is 5.72. The minimum atomic E-state index is 0.0901. The Balaban J connectivity index is 1.85. The van der Waals surface area contributed by atoms with Crippen LogP contribution in [0.3, 0.4) is 0 Å². The first kappa shape index (κ1) is 16.2. The SMILES string of the molecule is Cc1cc(C)c2[nH]c(CN3CCO[C@H](CCN)C3)cc(=O)c2c1. The van der Waals surface area contributed by atoms with Gasteiger partial charge in [0.05, 0.1) is 18.2 Å². The Kier molecular flexibility index (Phi) is 4.80. The number of ether oxygens (including phenoxy) is 1. The molecule has 23 heavy (non-hydrogen) atoms. The van der Waals surface area contributed by atoms with Crippen LogP contribution in [-0.4, -0.2) is 42.2 Å². The Hall–Kier alpha value is -1.69. The lowest BCUT2D eigenvalue weighted by atomic mass is 10.1. The molecule has 1 aliphatic heterocycles. The minimum Gasteiger partial charge on any atom is -0.376 e. The van der Waals surface area contributed by atoms with E-state index in [4.69, 9.17) is 10.5 Å². The third kappa shape index (κ3) is 3.63. The van der Waals surface area contributed by atoms with E-state index in [9.17, 15) is 4.79 Å². The number of H-pyrrole nitrogens is 1. The maximum absolute atomic E-state index is 12.4. The smallest absolute Gasteiger partial charge is 0.189 e. The van der Waals surface area contributed by atoms with Gasteiger partial charge in [-0.2, -0.15) is 0 Å². The van der Waals surface area contributed by atoms with Gasteiger partial charge in [-0.25, -0.2) is 0 Å². The lowest BCUT2D eigenvalue weighted by molar-refractivity contribution is -0.0338. The highest BCUT2D eigenvalue weighted by molar-refractivity contribution is 5.82. The molecule has 1 aromatic carbocycles. The summed E-state index contributed by atoms with van der Waals surface area (Å²) in [7, 11) is 0. The molecule has 0 radical (unpaired) electrons. The summed E-state index contributed by atoms with van der Waals surface area (Å²) in [4.78, 5) is 18.2. The highest BCUT2D eigenvalue weighted by Gasteiger charge is 2.20. The van der Waals surface area contributed by atoms with Gasteiger partial charge in [-0.15, -0.1) is 0 Å². The number of nitrogens with zero attached hydrogens (tertiary/aromatic N) is 1. The Bertz CT molecular complexity index is 752. The number of nitrogens with two attached hydrogens (primary N) is 1. The monoisotopic (exact) mass is 315 g/mol. The van der Waals surface area contributed by atoms with Crippen molar-refractivity contribution in [2.24, 2.45) is 5.73 Å². The van der Waals surface area contributed by atoms with E-state index in [1.54, 1.807) is 6.07 Å². The molecule has 1 atom stereocenters. The first-order valence-corrected chi connectivity index (χ1v) is 8.24. The Morgan fingerprint density at radius 1 is 1.35 bits per heavy atom. The molecular weight excluding hydrogens is 290 g/mol. The summed E-state index contributed by atoms with van der Waals surface area (Å²) in [6, 6.07) is 5.79. The van der Waals surface area contributed by atoms with Crippen LogP contribution in [0.25, 0.3) is 10.9 Å². The molecule has 1 saturated heterocycles. The number of fused-ring (bicyclic) bond motifs is 1. The van der Waals surface area contributed by atoms with Crippen molar-refractivity contribution >= 4 is 10.9 Å². The first-order chi connectivity index (χ1) is 11.1. The van der Waals surface area contributed by atoms with Gasteiger partial charge < -0.3 is 15.5 Å². The average molecular weight is 315 g/mol. The van der Waals surface area contributed by atoms with Gasteiger partial charge >= 0.3 is 0 Å². The summed E-state index contributed by atoms with van der Waals surface area (Å²) in [5.74, 6) is 0. The second-order valence-electron chi connectivity index (χ2n) is 6.47. The number of hydrogen-bond acceptors (Lipinski definition) is 4. The highest BCUT2D eigenvalue weighted by Crippen LogP contribution is 2.17. The molecule has 3 N–H and O–H groups in total. The molecule has 0 spiro atoms. The normalized spacial score (nSPS) is 19.3. The molecule has 1 aliphatic rings. The molecule has 5 heteroatoms. The van der Waals surface area contributed by atoms with Crippen LogP contribution >= 0.6 is 0 Å². The number of aryl methyl sites for hydroxylation is 2. The summed E-state index contributed by atoms with van der Waals surface area (Å²) in [6.45, 7) is 7.91. The molecule has 2 heterocycles. The quantitative estimate of drug-likeness (QED) is 0.901. The molecule has 1 aromatic heterocycles. The van der Waals surface area contributed by atoms with Gasteiger partial charge in [0.2, 0.25) is 0 Å². The topological polar surface area (TPSA) is 71.3 Å². The number of hydrogen-bond donors (Lipinski definition) is 2. The average Bonchev–Trinajstić information content (AvgIpc) is 2.49. The standard InChI is InChI=1S/C18H25N3O2/c1-12-7-13(2)18-16(8-12)17(22)9-14(20-18)10-21-5-6-23-15(11-21)3-4-19/h7-9,15H,3-6,10-11,19H2,1-2H3,(H,20,22)/t15-/m1/s1. The van der Waals surface area contributed by atoms with Crippen LogP contribution in [0.5, 0.6) is 0 Å². The van der Waals surface area contributed by atoms with E-state index in [-0.39, 0.29) is 11.5 Å². The van der Waals surface area contributed by atoms with Gasteiger partial charge in [-0.3, -0.25) is 9.69 Å². The fourth-order valence-electron chi connectivity index (χ4n) is 3.37. The maximum atomic E-state index is 12.4. The van der Waals surface area contributed by atoms with E-state index in [0.717, 1.165) is 60.4 Å². The van der Waals surface area contributed by atoms with Crippen LogP contribution in [0, 0.1) is 13.8 Å². The van der Waals surface area contributed by atoms with Crippen molar-refractivity contribution in [1.29, 1.82) is 0 Å². The van der Waals surface area contributed by atoms with Crippen LogP contribution in [0.2, 0.25) is 0 Å². The van der Waals surface area contributed by atoms with Crippen molar-refractivity contribution in [3.63, 3.8) is 0 Å². The third-order valence-electron chi connectivity index (χ3n) is 4.44. The predicted octanol–water partition coefficient (Wildman–Crippen LogP) is 1.69. The Morgan fingerprint density at radius 3 is 2.96 bits per heavy atom. The summed E-state index contributed by atoms with van der Waals surface area (Å²) in [5.41, 5.74) is 9.85. The Morgan fingerprint density at radius 2 is 2.17 bits per heavy atom. The number of nitrogens with one attached hydrogen (secondary N) is 1. The molecule has 2 aromatic rings. The molecule has 0 saturated carbocycles. The van der Waals surface area contributed by atoms with Gasteiger partial charge in [0.25, 0.3) is 0 Å². The van der Waals surface area contributed by atoms with Crippen molar-refractivity contribution in [1.82, 2.24) is 9.88 Å². The number of rotatable bonds is 4. The number of aromatic nitrogens is 1. The van der Waals surface area contributed by atoms with Crippen LogP contribution < -0.4 is 11.2 Å². The van der Waals surface area contributed by atoms with E-state index < -0.39 is 0 Å². The van der Waals surface area contributed by atoms with Gasteiger partial charge in [0, 0.05) is 36.8 Å². The zero-order valence-corrected chi connectivity index (χ0v) is 13.9. The lowest BCUT2D eigenvalue weighted by Crippen LogP contribution is -2.42. The molecular formula is C18H25N3O2. The second-order valence-corrected chi connectivity index (χ2v) is 6.47. The number of benzene rings is 1. The van der Waals surface area contributed by atoms with Crippen LogP contribution in [0.15, 0.2) is 23.0 Å². The first-order valence-electron chi connectivity index (χ1n) is 8.24. The number of aromatic amines is 1. The van der Waals surface area contributed by atoms with E-state index in [1.165, 1.54) is 0 Å². The minimum absolute atomic E-state index is 0.0901. The van der Waals surface area contributed by atoms with E-state index in [0.29, 0.717) is 6.54 Å². The van der Waals surface area contributed by atoms with Crippen LogP contribution in [0.1, 0.15) is 23.2 Å². The van der Waals surface area contributed by atoms with E-state index >= 15 is 0 Å². The molecule has 0 bridgehead atoms. The fourth-order valence-corrected chi connectivity index (χ4v) is 3.37. The van der Waals surface area contributed by atoms with Crippen molar-refractivity contribution in [2.45, 2.75) is 32.9 Å².